The smallest absolute Gasteiger partial charge is 0.325 e. The number of benzene rings is 2. The lowest BCUT2D eigenvalue weighted by atomic mass is 9.78. The molecule has 0 aliphatic heterocycles. The van der Waals surface area contributed by atoms with Crippen LogP contribution in [-0.4, -0.2) is 70.2 Å². The number of hydrogen-bond donors (Lipinski definition) is 0. The van der Waals surface area contributed by atoms with Crippen LogP contribution in [0.1, 0.15) is 42.1 Å². The van der Waals surface area contributed by atoms with E-state index in [9.17, 15) is 14.4 Å². The molecule has 0 aromatic heterocycles. The summed E-state index contributed by atoms with van der Waals surface area (Å²) < 4.78 is 21.8. The highest BCUT2D eigenvalue weighted by molar-refractivity contribution is 6.06. The zero-order valence-corrected chi connectivity index (χ0v) is 21.8. The van der Waals surface area contributed by atoms with E-state index in [4.69, 9.17) is 18.9 Å². The van der Waals surface area contributed by atoms with E-state index in [1.807, 2.05) is 12.1 Å². The van der Waals surface area contributed by atoms with Crippen molar-refractivity contribution in [1.29, 1.82) is 0 Å². The van der Waals surface area contributed by atoms with Gasteiger partial charge in [-0.3, -0.25) is 14.4 Å². The number of carbonyl (C=O) groups is 3. The number of methoxy groups -OCH3 is 2. The second kappa shape index (κ2) is 11.6. The summed E-state index contributed by atoms with van der Waals surface area (Å²) in [5, 5.41) is 0. The van der Waals surface area contributed by atoms with Gasteiger partial charge in [0.2, 0.25) is 0 Å². The first-order chi connectivity index (χ1) is 17.3. The van der Waals surface area contributed by atoms with Crippen molar-refractivity contribution in [1.82, 2.24) is 4.90 Å². The topological polar surface area (TPSA) is 91.4 Å². The molecule has 0 radical (unpaired) electrons. The SMILES string of the molecule is CCOC(=O)C1(C(=O)OCC)C[C@H](c2ccc(OC)c(OC)c2)[C@H](C(=O)c2ccccc2)[C@H]1N(C)C. The van der Waals surface area contributed by atoms with E-state index in [1.165, 1.54) is 7.11 Å². The Morgan fingerprint density at radius 1 is 0.889 bits per heavy atom. The Balaban J connectivity index is 2.28. The minimum absolute atomic E-state index is 0.0479. The first-order valence-corrected chi connectivity index (χ1v) is 12.1. The largest absolute Gasteiger partial charge is 0.493 e. The Hall–Kier alpha value is -3.39. The third-order valence-electron chi connectivity index (χ3n) is 6.85. The Bertz CT molecular complexity index is 1060. The summed E-state index contributed by atoms with van der Waals surface area (Å²) in [6.45, 7) is 3.57. The lowest BCUT2D eigenvalue weighted by Gasteiger charge is -2.37. The van der Waals surface area contributed by atoms with Crippen molar-refractivity contribution in [3.63, 3.8) is 0 Å². The molecule has 36 heavy (non-hydrogen) atoms. The van der Waals surface area contributed by atoms with E-state index in [0.29, 0.717) is 17.1 Å². The first kappa shape index (κ1) is 27.2. The van der Waals surface area contributed by atoms with Crippen LogP contribution in [0, 0.1) is 11.3 Å². The second-order valence-electron chi connectivity index (χ2n) is 9.00. The number of rotatable bonds is 10. The molecule has 194 valence electrons. The second-order valence-corrected chi connectivity index (χ2v) is 9.00. The van der Waals surface area contributed by atoms with E-state index < -0.39 is 35.2 Å². The molecule has 0 amide bonds. The van der Waals surface area contributed by atoms with Crippen molar-refractivity contribution in [2.75, 3.05) is 41.5 Å². The quantitative estimate of drug-likeness (QED) is 0.279. The molecule has 2 aromatic rings. The van der Waals surface area contributed by atoms with E-state index >= 15 is 0 Å². The highest BCUT2D eigenvalue weighted by Gasteiger charge is 2.66. The number of Topliss-reactive ketones (excluding diaryl/α,β-unsaturated/α-hetero) is 1. The zero-order valence-electron chi connectivity index (χ0n) is 21.8. The molecule has 1 aliphatic carbocycles. The monoisotopic (exact) mass is 497 g/mol. The van der Waals surface area contributed by atoms with Gasteiger partial charge in [-0.05, 0) is 58.0 Å². The molecule has 1 saturated carbocycles. The van der Waals surface area contributed by atoms with Crippen molar-refractivity contribution in [2.24, 2.45) is 11.3 Å². The minimum atomic E-state index is -1.69. The molecule has 0 spiro atoms. The molecular weight excluding hydrogens is 462 g/mol. The van der Waals surface area contributed by atoms with Gasteiger partial charge in [0.15, 0.2) is 22.7 Å². The fourth-order valence-corrected chi connectivity index (χ4v) is 5.42. The van der Waals surface area contributed by atoms with Crippen LogP contribution < -0.4 is 9.47 Å². The molecule has 0 saturated heterocycles. The van der Waals surface area contributed by atoms with E-state index in [0.717, 1.165) is 5.56 Å². The molecule has 0 heterocycles. The summed E-state index contributed by atoms with van der Waals surface area (Å²) >= 11 is 0. The number of carbonyl (C=O) groups excluding carboxylic acids is 3. The first-order valence-electron chi connectivity index (χ1n) is 12.1. The summed E-state index contributed by atoms with van der Waals surface area (Å²) in [6.07, 6.45) is 0.0479. The molecule has 1 fully saturated rings. The zero-order chi connectivity index (χ0) is 26.5. The maximum absolute atomic E-state index is 14.1. The highest BCUT2D eigenvalue weighted by atomic mass is 16.6. The van der Waals surface area contributed by atoms with Crippen LogP contribution in [0.5, 0.6) is 11.5 Å². The summed E-state index contributed by atoms with van der Waals surface area (Å²) in [4.78, 5) is 43.0. The Morgan fingerprint density at radius 2 is 1.47 bits per heavy atom. The van der Waals surface area contributed by atoms with Gasteiger partial charge in [0.25, 0.3) is 0 Å². The average Bonchev–Trinajstić information content (AvgIpc) is 3.26. The molecular formula is C28H35NO7. The van der Waals surface area contributed by atoms with Crippen LogP contribution in [-0.2, 0) is 19.1 Å². The standard InChI is InChI=1S/C28H35NO7/c1-7-35-26(31)28(27(32)36-8-2)17-20(19-14-15-21(33-5)22(16-19)34-6)23(25(28)29(3)4)24(30)18-12-10-9-11-13-18/h9-16,20,23,25H,7-8,17H2,1-6H3/t20-,23-,25-/m1/s1. The van der Waals surface area contributed by atoms with Gasteiger partial charge in [-0.25, -0.2) is 0 Å². The van der Waals surface area contributed by atoms with Crippen molar-refractivity contribution >= 4 is 17.7 Å². The van der Waals surface area contributed by atoms with Gasteiger partial charge in [-0.1, -0.05) is 36.4 Å². The van der Waals surface area contributed by atoms with Crippen molar-refractivity contribution in [2.45, 2.75) is 32.2 Å². The lowest BCUT2D eigenvalue weighted by Crippen LogP contribution is -2.55. The van der Waals surface area contributed by atoms with E-state index in [2.05, 4.69) is 0 Å². The fraction of sp³-hybridized carbons (Fsp3) is 0.464. The minimum Gasteiger partial charge on any atom is -0.493 e. The van der Waals surface area contributed by atoms with Gasteiger partial charge >= 0.3 is 11.9 Å². The highest BCUT2D eigenvalue weighted by Crippen LogP contribution is 2.55. The van der Waals surface area contributed by atoms with Gasteiger partial charge in [0.05, 0.1) is 27.4 Å². The predicted molar refractivity (Wildman–Crippen MR) is 134 cm³/mol. The van der Waals surface area contributed by atoms with Crippen molar-refractivity contribution in [3.05, 3.63) is 59.7 Å². The number of nitrogens with zero attached hydrogens (tertiary/aromatic N) is 1. The Kier molecular flexibility index (Phi) is 8.74. The van der Waals surface area contributed by atoms with E-state index in [1.54, 1.807) is 76.4 Å². The maximum Gasteiger partial charge on any atom is 0.325 e. The van der Waals surface area contributed by atoms with Crippen LogP contribution in [0.2, 0.25) is 0 Å². The number of hydrogen-bond acceptors (Lipinski definition) is 8. The molecule has 0 unspecified atom stereocenters. The maximum atomic E-state index is 14.1. The Morgan fingerprint density at radius 3 is 1.97 bits per heavy atom. The van der Waals surface area contributed by atoms with E-state index in [-0.39, 0.29) is 25.4 Å². The fourth-order valence-electron chi connectivity index (χ4n) is 5.42. The lowest BCUT2D eigenvalue weighted by molar-refractivity contribution is -0.176. The van der Waals surface area contributed by atoms with Crippen molar-refractivity contribution < 1.29 is 33.3 Å². The van der Waals surface area contributed by atoms with Gasteiger partial charge < -0.3 is 23.8 Å². The van der Waals surface area contributed by atoms with Crippen LogP contribution in [0.25, 0.3) is 0 Å². The predicted octanol–water partition coefficient (Wildman–Crippen LogP) is 3.73. The van der Waals surface area contributed by atoms with Crippen LogP contribution >= 0.6 is 0 Å². The number of ether oxygens (including phenoxy) is 4. The van der Waals surface area contributed by atoms with Gasteiger partial charge in [-0.15, -0.1) is 0 Å². The van der Waals surface area contributed by atoms with Crippen molar-refractivity contribution in [3.8, 4) is 11.5 Å². The molecule has 0 bridgehead atoms. The number of esters is 2. The van der Waals surface area contributed by atoms with Crippen LogP contribution in [0.3, 0.4) is 0 Å². The summed E-state index contributed by atoms with van der Waals surface area (Å²) in [7, 11) is 6.61. The van der Waals surface area contributed by atoms with Crippen LogP contribution in [0.4, 0.5) is 0 Å². The van der Waals surface area contributed by atoms with Crippen LogP contribution in [0.15, 0.2) is 48.5 Å². The summed E-state index contributed by atoms with van der Waals surface area (Å²) in [5.74, 6) is -1.74. The number of ketones is 1. The molecule has 3 rings (SSSR count). The molecule has 8 heteroatoms. The summed E-state index contributed by atoms with van der Waals surface area (Å²) in [5.41, 5.74) is -0.435. The molecule has 1 aliphatic rings. The summed E-state index contributed by atoms with van der Waals surface area (Å²) in [6, 6.07) is 13.5. The Labute approximate surface area is 212 Å². The molecule has 2 aromatic carbocycles. The van der Waals surface area contributed by atoms with Gasteiger partial charge in [0, 0.05) is 17.5 Å². The normalized spacial score (nSPS) is 20.6. The van der Waals surface area contributed by atoms with Gasteiger partial charge in [0.1, 0.15) is 0 Å². The average molecular weight is 498 g/mol. The molecule has 3 atom stereocenters. The molecule has 8 nitrogen and oxygen atoms in total. The third-order valence-corrected chi connectivity index (χ3v) is 6.85. The molecule has 0 N–H and O–H groups in total. The van der Waals surface area contributed by atoms with Gasteiger partial charge in [-0.2, -0.15) is 0 Å². The third kappa shape index (κ3) is 4.82.